The molecule has 5 heteroatoms. The molecule has 2 rings (SSSR count). The Labute approximate surface area is 142 Å². The van der Waals surface area contributed by atoms with Crippen LogP contribution in [0.2, 0.25) is 0 Å². The van der Waals surface area contributed by atoms with E-state index >= 15 is 0 Å². The van der Waals surface area contributed by atoms with Crippen molar-refractivity contribution in [3.05, 3.63) is 75.3 Å². The molecule has 2 atom stereocenters. The average molecular weight is 328 g/mol. The van der Waals surface area contributed by atoms with Gasteiger partial charge in [-0.3, -0.25) is 10.1 Å². The Balaban J connectivity index is 2.00. The number of nitro groups is 1. The van der Waals surface area contributed by atoms with Crippen molar-refractivity contribution in [2.24, 2.45) is 0 Å². The van der Waals surface area contributed by atoms with Crippen molar-refractivity contribution < 1.29 is 10.0 Å². The van der Waals surface area contributed by atoms with Crippen molar-refractivity contribution in [3.8, 4) is 0 Å². The number of aliphatic hydroxyl groups is 1. The molecule has 128 valence electrons. The van der Waals surface area contributed by atoms with E-state index in [1.165, 1.54) is 5.56 Å². The molecule has 2 N–H and O–H groups in total. The first kappa shape index (κ1) is 18.1. The molecule has 2 aromatic rings. The van der Waals surface area contributed by atoms with Crippen LogP contribution in [0.25, 0.3) is 0 Å². The summed E-state index contributed by atoms with van der Waals surface area (Å²) in [6.07, 6.45) is 0.294. The minimum absolute atomic E-state index is 0.151. The van der Waals surface area contributed by atoms with Crippen LogP contribution >= 0.6 is 0 Å². The summed E-state index contributed by atoms with van der Waals surface area (Å²) >= 11 is 0. The van der Waals surface area contributed by atoms with Crippen LogP contribution in [-0.2, 0) is 6.54 Å². The largest absolute Gasteiger partial charge is 0.393 e. The first-order chi connectivity index (χ1) is 11.5. The van der Waals surface area contributed by atoms with E-state index in [1.54, 1.807) is 26.0 Å². The van der Waals surface area contributed by atoms with Crippen LogP contribution in [0.1, 0.15) is 36.0 Å². The Bertz CT molecular complexity index is 672. The summed E-state index contributed by atoms with van der Waals surface area (Å²) in [7, 11) is 0. The van der Waals surface area contributed by atoms with Gasteiger partial charge < -0.3 is 10.4 Å². The Morgan fingerprint density at radius 1 is 1.21 bits per heavy atom. The first-order valence-corrected chi connectivity index (χ1v) is 8.15. The smallest absolute Gasteiger partial charge is 0.272 e. The summed E-state index contributed by atoms with van der Waals surface area (Å²) < 4.78 is 0. The second-order valence-corrected chi connectivity index (χ2v) is 6.20. The summed E-state index contributed by atoms with van der Waals surface area (Å²) in [6.45, 7) is 4.80. The zero-order chi connectivity index (χ0) is 17.5. The Morgan fingerprint density at radius 3 is 2.54 bits per heavy atom. The van der Waals surface area contributed by atoms with Crippen LogP contribution < -0.4 is 5.32 Å². The maximum absolute atomic E-state index is 11.0. The molecule has 2 aromatic carbocycles. The number of nitrogens with zero attached hydrogens (tertiary/aromatic N) is 1. The van der Waals surface area contributed by atoms with Gasteiger partial charge in [0.2, 0.25) is 0 Å². The van der Waals surface area contributed by atoms with E-state index in [1.807, 2.05) is 24.3 Å². The van der Waals surface area contributed by atoms with Gasteiger partial charge in [0.1, 0.15) is 0 Å². The molecular formula is C19H24N2O3. The minimum atomic E-state index is -0.377. The summed E-state index contributed by atoms with van der Waals surface area (Å²) in [4.78, 5) is 10.7. The number of rotatable bonds is 8. The second-order valence-electron chi connectivity index (χ2n) is 6.20. The highest BCUT2D eigenvalue weighted by atomic mass is 16.6. The van der Waals surface area contributed by atoms with E-state index in [4.69, 9.17) is 0 Å². The van der Waals surface area contributed by atoms with Crippen molar-refractivity contribution in [1.82, 2.24) is 5.32 Å². The fourth-order valence-electron chi connectivity index (χ4n) is 2.83. The molecule has 0 saturated heterocycles. The molecule has 2 unspecified atom stereocenters. The second kappa shape index (κ2) is 8.57. The number of nitrogens with one attached hydrogen (secondary N) is 1. The average Bonchev–Trinajstić information content (AvgIpc) is 2.55. The highest BCUT2D eigenvalue weighted by molar-refractivity contribution is 5.42. The predicted molar refractivity (Wildman–Crippen MR) is 95.0 cm³/mol. The molecule has 0 fully saturated rings. The zero-order valence-corrected chi connectivity index (χ0v) is 14.1. The number of aliphatic hydroxyl groups excluding tert-OH is 1. The molecular weight excluding hydrogens is 304 g/mol. The van der Waals surface area contributed by atoms with Gasteiger partial charge in [0.25, 0.3) is 5.69 Å². The molecule has 0 aliphatic rings. The lowest BCUT2D eigenvalue weighted by atomic mass is 9.93. The van der Waals surface area contributed by atoms with Crippen molar-refractivity contribution in [2.45, 2.75) is 38.8 Å². The monoisotopic (exact) mass is 328 g/mol. The normalized spacial score (nSPS) is 13.5. The highest BCUT2D eigenvalue weighted by Crippen LogP contribution is 2.22. The van der Waals surface area contributed by atoms with E-state index in [0.29, 0.717) is 25.1 Å². The predicted octanol–water partition coefficient (Wildman–Crippen LogP) is 3.55. The van der Waals surface area contributed by atoms with Crippen LogP contribution in [0, 0.1) is 17.0 Å². The third-order valence-electron chi connectivity index (χ3n) is 4.09. The van der Waals surface area contributed by atoms with Crippen molar-refractivity contribution in [2.75, 3.05) is 6.54 Å². The van der Waals surface area contributed by atoms with Gasteiger partial charge in [-0.25, -0.2) is 0 Å². The fourth-order valence-corrected chi connectivity index (χ4v) is 2.83. The molecule has 0 spiro atoms. The van der Waals surface area contributed by atoms with E-state index < -0.39 is 0 Å². The van der Waals surface area contributed by atoms with Gasteiger partial charge >= 0.3 is 0 Å². The van der Waals surface area contributed by atoms with Crippen LogP contribution in [0.4, 0.5) is 5.69 Å². The van der Waals surface area contributed by atoms with Gasteiger partial charge in [-0.2, -0.15) is 0 Å². The summed E-state index contributed by atoms with van der Waals surface area (Å²) in [6, 6.07) is 15.4. The lowest BCUT2D eigenvalue weighted by Crippen LogP contribution is -2.23. The summed E-state index contributed by atoms with van der Waals surface area (Å²) in [5, 5.41) is 24.1. The van der Waals surface area contributed by atoms with Gasteiger partial charge in [-0.1, -0.05) is 42.5 Å². The number of hydrogen-bond acceptors (Lipinski definition) is 4. The van der Waals surface area contributed by atoms with Gasteiger partial charge in [0, 0.05) is 24.7 Å². The topological polar surface area (TPSA) is 75.4 Å². The molecule has 0 bridgehead atoms. The van der Waals surface area contributed by atoms with Crippen LogP contribution in [0.3, 0.4) is 0 Å². The van der Waals surface area contributed by atoms with Crippen molar-refractivity contribution in [1.29, 1.82) is 0 Å². The van der Waals surface area contributed by atoms with E-state index in [0.717, 1.165) is 5.56 Å². The zero-order valence-electron chi connectivity index (χ0n) is 14.1. The summed E-state index contributed by atoms with van der Waals surface area (Å²) in [5.41, 5.74) is 2.88. The lowest BCUT2D eigenvalue weighted by Gasteiger charge is -2.20. The molecule has 0 amide bonds. The van der Waals surface area contributed by atoms with E-state index in [-0.39, 0.29) is 22.6 Å². The molecule has 0 saturated carbocycles. The maximum Gasteiger partial charge on any atom is 0.272 e. The molecule has 0 radical (unpaired) electrons. The van der Waals surface area contributed by atoms with Gasteiger partial charge in [-0.15, -0.1) is 0 Å². The minimum Gasteiger partial charge on any atom is -0.393 e. The first-order valence-electron chi connectivity index (χ1n) is 8.15. The number of benzene rings is 2. The Morgan fingerprint density at radius 2 is 1.92 bits per heavy atom. The molecule has 0 aromatic heterocycles. The van der Waals surface area contributed by atoms with Crippen LogP contribution in [0.15, 0.2) is 48.5 Å². The quantitative estimate of drug-likeness (QED) is 0.574. The van der Waals surface area contributed by atoms with Crippen molar-refractivity contribution >= 4 is 5.69 Å². The number of nitro benzene ring substituents is 1. The van der Waals surface area contributed by atoms with E-state index in [9.17, 15) is 15.2 Å². The summed E-state index contributed by atoms with van der Waals surface area (Å²) in [5.74, 6) is 0.201. The van der Waals surface area contributed by atoms with Crippen LogP contribution in [0.5, 0.6) is 0 Å². The number of aryl methyl sites for hydroxylation is 1. The van der Waals surface area contributed by atoms with Crippen LogP contribution in [-0.4, -0.2) is 22.7 Å². The fraction of sp³-hybridized carbons (Fsp3) is 0.368. The Hall–Kier alpha value is -2.24. The molecule has 24 heavy (non-hydrogen) atoms. The molecule has 0 heterocycles. The van der Waals surface area contributed by atoms with Gasteiger partial charge in [-0.05, 0) is 37.3 Å². The van der Waals surface area contributed by atoms with Crippen molar-refractivity contribution in [3.63, 3.8) is 0 Å². The molecule has 0 aliphatic heterocycles. The maximum atomic E-state index is 11.0. The lowest BCUT2D eigenvalue weighted by molar-refractivity contribution is -0.385. The van der Waals surface area contributed by atoms with E-state index in [2.05, 4.69) is 17.4 Å². The Kier molecular flexibility index (Phi) is 6.46. The third kappa shape index (κ3) is 5.15. The van der Waals surface area contributed by atoms with Gasteiger partial charge in [0.15, 0.2) is 0 Å². The SMILES string of the molecule is Cc1ccc(CNCC(CC(C)O)c2ccccc2)cc1[N+](=O)[O-]. The number of hydrogen-bond donors (Lipinski definition) is 2. The molecule has 0 aliphatic carbocycles. The highest BCUT2D eigenvalue weighted by Gasteiger charge is 2.15. The van der Waals surface area contributed by atoms with Gasteiger partial charge in [0.05, 0.1) is 11.0 Å². The third-order valence-corrected chi connectivity index (χ3v) is 4.09. The standard InChI is InChI=1S/C19H24N2O3/c1-14-8-9-16(11-19(14)21(23)24)12-20-13-18(10-15(2)22)17-6-4-3-5-7-17/h3-9,11,15,18,20,22H,10,12-13H2,1-2H3. The molecule has 5 nitrogen and oxygen atoms in total.